The number of aromatic nitrogens is 3. The first-order valence-corrected chi connectivity index (χ1v) is 7.67. The van der Waals surface area contributed by atoms with Gasteiger partial charge in [-0.1, -0.05) is 6.07 Å². The molecule has 3 heterocycles. The second-order valence-corrected chi connectivity index (χ2v) is 6.13. The summed E-state index contributed by atoms with van der Waals surface area (Å²) < 4.78 is 4.49. The second-order valence-electron chi connectivity index (χ2n) is 5.40. The lowest BCUT2D eigenvalue weighted by molar-refractivity contribution is 0.744. The summed E-state index contributed by atoms with van der Waals surface area (Å²) in [7, 11) is 0. The molecule has 4 nitrogen and oxygen atoms in total. The molecule has 19 heavy (non-hydrogen) atoms. The largest absolute Gasteiger partial charge is 0.346 e. The highest BCUT2D eigenvalue weighted by Crippen LogP contribution is 2.40. The van der Waals surface area contributed by atoms with Crippen LogP contribution in [0, 0.1) is 0 Å². The zero-order chi connectivity index (χ0) is 12.7. The fraction of sp³-hybridized carbons (Fsp3) is 0.500. The van der Waals surface area contributed by atoms with Crippen molar-refractivity contribution in [2.24, 2.45) is 0 Å². The van der Waals surface area contributed by atoms with Gasteiger partial charge in [-0.25, -0.2) is 4.98 Å². The van der Waals surface area contributed by atoms with Crippen molar-refractivity contribution in [1.29, 1.82) is 0 Å². The van der Waals surface area contributed by atoms with E-state index in [9.17, 15) is 0 Å². The van der Waals surface area contributed by atoms with Gasteiger partial charge in [0, 0.05) is 48.3 Å². The van der Waals surface area contributed by atoms with Gasteiger partial charge in [-0.2, -0.15) is 4.37 Å². The maximum atomic E-state index is 4.70. The van der Waals surface area contributed by atoms with Crippen LogP contribution in [0.15, 0.2) is 24.4 Å². The third-order valence-corrected chi connectivity index (χ3v) is 4.73. The molecule has 1 aliphatic carbocycles. The zero-order valence-electron chi connectivity index (χ0n) is 10.7. The van der Waals surface area contributed by atoms with Gasteiger partial charge in [0.1, 0.15) is 5.82 Å². The zero-order valence-corrected chi connectivity index (χ0v) is 11.5. The van der Waals surface area contributed by atoms with Crippen molar-refractivity contribution in [3.8, 4) is 0 Å². The van der Waals surface area contributed by atoms with Crippen LogP contribution in [-0.2, 0) is 0 Å². The molecular formula is C14H16N4S. The molecule has 0 bridgehead atoms. The number of nitrogens with zero attached hydrogens (tertiary/aromatic N) is 4. The number of rotatable bonds is 3. The van der Waals surface area contributed by atoms with Crippen LogP contribution in [0.4, 0.5) is 5.13 Å². The predicted molar refractivity (Wildman–Crippen MR) is 75.7 cm³/mol. The standard InChI is InChI=1S/C14H16N4S/c1-2-7-15-12(3-1)11-6-8-18(9-11)14-16-13(17-19-14)10-4-5-10/h1-3,7,10-11H,4-6,8-9H2. The molecule has 2 aromatic heterocycles. The van der Waals surface area contributed by atoms with E-state index < -0.39 is 0 Å². The van der Waals surface area contributed by atoms with E-state index in [1.165, 1.54) is 18.5 Å². The minimum Gasteiger partial charge on any atom is -0.346 e. The van der Waals surface area contributed by atoms with Crippen molar-refractivity contribution >= 4 is 16.7 Å². The first-order valence-electron chi connectivity index (χ1n) is 6.89. The molecular weight excluding hydrogens is 256 g/mol. The summed E-state index contributed by atoms with van der Waals surface area (Å²) in [6, 6.07) is 6.17. The van der Waals surface area contributed by atoms with E-state index in [0.29, 0.717) is 11.8 Å². The molecule has 2 aliphatic rings. The average Bonchev–Trinajstić information content (AvgIpc) is 3.01. The van der Waals surface area contributed by atoms with Crippen LogP contribution in [0.3, 0.4) is 0 Å². The van der Waals surface area contributed by atoms with Gasteiger partial charge in [0.25, 0.3) is 0 Å². The van der Waals surface area contributed by atoms with Crippen molar-refractivity contribution in [2.75, 3.05) is 18.0 Å². The Balaban J connectivity index is 1.48. The number of pyridine rings is 1. The highest BCUT2D eigenvalue weighted by atomic mass is 32.1. The SMILES string of the molecule is c1ccc(C2CCN(c3nc(C4CC4)ns3)C2)nc1. The Bertz CT molecular complexity index is 564. The van der Waals surface area contributed by atoms with Crippen LogP contribution >= 0.6 is 11.5 Å². The molecule has 1 saturated heterocycles. The van der Waals surface area contributed by atoms with Crippen molar-refractivity contribution in [2.45, 2.75) is 31.1 Å². The Morgan fingerprint density at radius 1 is 1.16 bits per heavy atom. The van der Waals surface area contributed by atoms with Gasteiger partial charge in [0.2, 0.25) is 5.13 Å². The van der Waals surface area contributed by atoms with Crippen LogP contribution < -0.4 is 4.90 Å². The lowest BCUT2D eigenvalue weighted by Crippen LogP contribution is -2.19. The molecule has 0 aromatic carbocycles. The summed E-state index contributed by atoms with van der Waals surface area (Å²) in [4.78, 5) is 11.5. The third kappa shape index (κ3) is 2.23. The predicted octanol–water partition coefficient (Wildman–Crippen LogP) is 2.80. The van der Waals surface area contributed by atoms with Crippen molar-refractivity contribution in [3.05, 3.63) is 35.9 Å². The Morgan fingerprint density at radius 3 is 2.89 bits per heavy atom. The highest BCUT2D eigenvalue weighted by Gasteiger charge is 2.31. The summed E-state index contributed by atoms with van der Waals surface area (Å²) in [6.07, 6.45) is 5.59. The normalized spacial score (nSPS) is 22.9. The summed E-state index contributed by atoms with van der Waals surface area (Å²) in [5.41, 5.74) is 1.21. The van der Waals surface area contributed by atoms with E-state index >= 15 is 0 Å². The second kappa shape index (κ2) is 4.56. The lowest BCUT2D eigenvalue weighted by Gasteiger charge is -2.13. The van der Waals surface area contributed by atoms with Gasteiger partial charge in [-0.15, -0.1) is 0 Å². The van der Waals surface area contributed by atoms with Crippen LogP contribution in [-0.4, -0.2) is 27.4 Å². The van der Waals surface area contributed by atoms with E-state index in [-0.39, 0.29) is 0 Å². The number of hydrogen-bond donors (Lipinski definition) is 0. The molecule has 0 radical (unpaired) electrons. The van der Waals surface area contributed by atoms with Gasteiger partial charge >= 0.3 is 0 Å². The molecule has 1 saturated carbocycles. The topological polar surface area (TPSA) is 41.9 Å². The van der Waals surface area contributed by atoms with Crippen LogP contribution in [0.2, 0.25) is 0 Å². The van der Waals surface area contributed by atoms with Crippen molar-refractivity contribution in [1.82, 2.24) is 14.3 Å². The van der Waals surface area contributed by atoms with E-state index in [2.05, 4.69) is 26.4 Å². The van der Waals surface area contributed by atoms with Crippen LogP contribution in [0.5, 0.6) is 0 Å². The Kier molecular flexibility index (Phi) is 2.72. The molecule has 0 amide bonds. The van der Waals surface area contributed by atoms with E-state index in [4.69, 9.17) is 4.98 Å². The minimum absolute atomic E-state index is 0.537. The maximum absolute atomic E-state index is 4.70. The van der Waals surface area contributed by atoms with E-state index in [1.54, 1.807) is 11.5 Å². The number of anilines is 1. The third-order valence-electron chi connectivity index (χ3n) is 3.94. The lowest BCUT2D eigenvalue weighted by atomic mass is 10.0. The molecule has 4 rings (SSSR count). The van der Waals surface area contributed by atoms with Crippen molar-refractivity contribution < 1.29 is 0 Å². The maximum Gasteiger partial charge on any atom is 0.205 e. The monoisotopic (exact) mass is 272 g/mol. The summed E-state index contributed by atoms with van der Waals surface area (Å²) >= 11 is 1.56. The van der Waals surface area contributed by atoms with E-state index in [1.807, 2.05) is 12.3 Å². The summed E-state index contributed by atoms with van der Waals surface area (Å²) in [5, 5.41) is 1.10. The highest BCUT2D eigenvalue weighted by molar-refractivity contribution is 7.09. The van der Waals surface area contributed by atoms with Gasteiger partial charge < -0.3 is 4.90 Å². The fourth-order valence-electron chi connectivity index (χ4n) is 2.66. The van der Waals surface area contributed by atoms with Crippen LogP contribution in [0.1, 0.15) is 42.6 Å². The molecule has 0 N–H and O–H groups in total. The number of hydrogen-bond acceptors (Lipinski definition) is 5. The fourth-order valence-corrected chi connectivity index (χ4v) is 3.44. The minimum atomic E-state index is 0.537. The molecule has 1 unspecified atom stereocenters. The molecule has 5 heteroatoms. The Hall–Kier alpha value is -1.49. The molecule has 98 valence electrons. The van der Waals surface area contributed by atoms with Crippen LogP contribution in [0.25, 0.3) is 0 Å². The first-order chi connectivity index (χ1) is 9.40. The van der Waals surface area contributed by atoms with Gasteiger partial charge in [-0.3, -0.25) is 4.98 Å². The smallest absolute Gasteiger partial charge is 0.205 e. The van der Waals surface area contributed by atoms with Gasteiger partial charge in [0.15, 0.2) is 0 Å². The summed E-state index contributed by atoms with van der Waals surface area (Å²) in [6.45, 7) is 2.09. The quantitative estimate of drug-likeness (QED) is 0.861. The molecule has 2 aromatic rings. The van der Waals surface area contributed by atoms with Gasteiger partial charge in [0.05, 0.1) is 0 Å². The Morgan fingerprint density at radius 2 is 2.11 bits per heavy atom. The average molecular weight is 272 g/mol. The summed E-state index contributed by atoms with van der Waals surface area (Å²) in [5.74, 6) is 2.26. The van der Waals surface area contributed by atoms with E-state index in [0.717, 1.165) is 30.5 Å². The Labute approximate surface area is 116 Å². The molecule has 1 atom stereocenters. The van der Waals surface area contributed by atoms with Gasteiger partial charge in [-0.05, 0) is 31.4 Å². The molecule has 0 spiro atoms. The molecule has 2 fully saturated rings. The van der Waals surface area contributed by atoms with Crippen molar-refractivity contribution in [3.63, 3.8) is 0 Å². The molecule has 1 aliphatic heterocycles. The first kappa shape index (κ1) is 11.3.